The predicted octanol–water partition coefficient (Wildman–Crippen LogP) is -0.796. The van der Waals surface area contributed by atoms with Gasteiger partial charge >= 0.3 is 0 Å². The Morgan fingerprint density at radius 2 is 2.00 bits per heavy atom. The fraction of sp³-hybridized carbons (Fsp3) is 0.250. The number of rotatable bonds is 5. The molecule has 8 heteroatoms. The number of amides is 1. The zero-order valence-electron chi connectivity index (χ0n) is 8.25. The van der Waals surface area contributed by atoms with E-state index in [4.69, 9.17) is 4.55 Å². The molecule has 0 radical (unpaired) electrons. The summed E-state index contributed by atoms with van der Waals surface area (Å²) in [4.78, 5) is 15.1. The first kappa shape index (κ1) is 12.6. The lowest BCUT2D eigenvalue weighted by atomic mass is 10.3. The van der Waals surface area contributed by atoms with Crippen LogP contribution in [0.2, 0.25) is 0 Å². The average molecular weight is 245 g/mol. The number of nitrogens with one attached hydrogen (secondary N) is 2. The van der Waals surface area contributed by atoms with Gasteiger partial charge in [0.15, 0.2) is 0 Å². The Balaban J connectivity index is 2.32. The molecule has 1 heterocycles. The van der Waals surface area contributed by atoms with Gasteiger partial charge in [-0.15, -0.1) is 0 Å². The molecule has 0 aromatic carbocycles. The smallest absolute Gasteiger partial charge is 0.266 e. The number of aromatic nitrogens is 1. The molecule has 0 spiro atoms. The van der Waals surface area contributed by atoms with Gasteiger partial charge in [0.1, 0.15) is 0 Å². The number of hydrazine groups is 1. The molecule has 0 fully saturated rings. The highest BCUT2D eigenvalue weighted by molar-refractivity contribution is 7.85. The summed E-state index contributed by atoms with van der Waals surface area (Å²) in [5, 5.41) is 0. The van der Waals surface area contributed by atoms with Crippen molar-refractivity contribution >= 4 is 16.0 Å². The van der Waals surface area contributed by atoms with Gasteiger partial charge in [-0.25, -0.2) is 5.43 Å². The van der Waals surface area contributed by atoms with Crippen molar-refractivity contribution in [2.24, 2.45) is 0 Å². The number of carbonyl (C=O) groups is 1. The number of hydrogen-bond acceptors (Lipinski definition) is 5. The molecular formula is C8H11N3O4S. The van der Waals surface area contributed by atoms with Gasteiger partial charge in [-0.05, 0) is 12.1 Å². The summed E-state index contributed by atoms with van der Waals surface area (Å²) in [7, 11) is -4.01. The van der Waals surface area contributed by atoms with Gasteiger partial charge in [0.2, 0.25) is 0 Å². The van der Waals surface area contributed by atoms with Crippen LogP contribution in [0, 0.1) is 0 Å². The molecule has 3 N–H and O–H groups in total. The molecule has 1 amide bonds. The largest absolute Gasteiger partial charge is 0.287 e. The monoisotopic (exact) mass is 245 g/mol. The number of nitrogens with zero attached hydrogens (tertiary/aromatic N) is 1. The maximum Gasteiger partial charge on any atom is 0.266 e. The molecule has 0 bridgehead atoms. The van der Waals surface area contributed by atoms with E-state index < -0.39 is 21.8 Å². The molecule has 1 aromatic rings. The average Bonchev–Trinajstić information content (AvgIpc) is 2.24. The van der Waals surface area contributed by atoms with Crippen LogP contribution in [0.3, 0.4) is 0 Å². The summed E-state index contributed by atoms with van der Waals surface area (Å²) in [6, 6.07) is 3.03. The second-order valence-corrected chi connectivity index (χ2v) is 4.47. The molecule has 0 saturated heterocycles. The molecule has 0 aliphatic heterocycles. The zero-order valence-corrected chi connectivity index (χ0v) is 9.07. The van der Waals surface area contributed by atoms with Crippen LogP contribution in [0.4, 0.5) is 0 Å². The van der Waals surface area contributed by atoms with E-state index in [0.29, 0.717) is 5.56 Å². The first-order valence-electron chi connectivity index (χ1n) is 4.37. The quantitative estimate of drug-likeness (QED) is 0.356. The molecule has 88 valence electrons. The van der Waals surface area contributed by atoms with E-state index in [1.807, 2.05) is 0 Å². The Hall–Kier alpha value is -1.51. The van der Waals surface area contributed by atoms with Crippen molar-refractivity contribution in [3.63, 3.8) is 0 Å². The molecule has 0 saturated carbocycles. The predicted molar refractivity (Wildman–Crippen MR) is 56.1 cm³/mol. The summed E-state index contributed by atoms with van der Waals surface area (Å²) in [6.07, 6.45) is 2.93. The molecule has 0 aliphatic rings. The lowest BCUT2D eigenvalue weighted by molar-refractivity contribution is 0.0934. The van der Waals surface area contributed by atoms with Gasteiger partial charge in [0, 0.05) is 24.5 Å². The molecule has 0 aliphatic carbocycles. The lowest BCUT2D eigenvalue weighted by Crippen LogP contribution is -2.39. The van der Waals surface area contributed by atoms with E-state index in [-0.39, 0.29) is 6.54 Å². The van der Waals surface area contributed by atoms with E-state index in [1.54, 1.807) is 0 Å². The highest BCUT2D eigenvalue weighted by Gasteiger charge is 2.05. The maximum absolute atomic E-state index is 11.4. The van der Waals surface area contributed by atoms with Crippen molar-refractivity contribution < 1.29 is 17.8 Å². The highest BCUT2D eigenvalue weighted by Crippen LogP contribution is 1.94. The van der Waals surface area contributed by atoms with Crippen molar-refractivity contribution in [3.05, 3.63) is 30.1 Å². The summed E-state index contributed by atoms with van der Waals surface area (Å²) in [6.45, 7) is -0.0738. The molecular weight excluding hydrogens is 234 g/mol. The van der Waals surface area contributed by atoms with E-state index in [0.717, 1.165) is 0 Å². The first-order valence-corrected chi connectivity index (χ1v) is 5.98. The Morgan fingerprint density at radius 3 is 2.56 bits per heavy atom. The van der Waals surface area contributed by atoms with Crippen LogP contribution in [0.1, 0.15) is 10.4 Å². The highest BCUT2D eigenvalue weighted by atomic mass is 32.2. The third-order valence-electron chi connectivity index (χ3n) is 1.63. The third kappa shape index (κ3) is 4.82. The van der Waals surface area contributed by atoms with E-state index in [9.17, 15) is 13.2 Å². The Kier molecular flexibility index (Phi) is 4.35. The van der Waals surface area contributed by atoms with Crippen LogP contribution in [-0.2, 0) is 10.1 Å². The second kappa shape index (κ2) is 5.54. The van der Waals surface area contributed by atoms with Gasteiger partial charge in [-0.2, -0.15) is 8.42 Å². The summed E-state index contributed by atoms with van der Waals surface area (Å²) in [5.74, 6) is -0.873. The molecule has 1 aromatic heterocycles. The molecule has 16 heavy (non-hydrogen) atoms. The number of carbonyl (C=O) groups excluding carboxylic acids is 1. The van der Waals surface area contributed by atoms with Gasteiger partial charge in [0.05, 0.1) is 5.75 Å². The van der Waals surface area contributed by atoms with Gasteiger partial charge in [-0.3, -0.25) is 19.8 Å². The summed E-state index contributed by atoms with van der Waals surface area (Å²) < 4.78 is 29.1. The van der Waals surface area contributed by atoms with E-state index >= 15 is 0 Å². The van der Waals surface area contributed by atoms with Crippen LogP contribution >= 0.6 is 0 Å². The van der Waals surface area contributed by atoms with Crippen LogP contribution < -0.4 is 10.9 Å². The number of pyridine rings is 1. The summed E-state index contributed by atoms with van der Waals surface area (Å²) in [5.41, 5.74) is 5.06. The SMILES string of the molecule is O=C(NNCCS(=O)(=O)O)c1ccncc1. The fourth-order valence-corrected chi connectivity index (χ4v) is 1.26. The molecule has 1 rings (SSSR count). The number of hydrogen-bond donors (Lipinski definition) is 3. The minimum absolute atomic E-state index is 0.0738. The van der Waals surface area contributed by atoms with E-state index in [2.05, 4.69) is 15.8 Å². The van der Waals surface area contributed by atoms with Crippen molar-refractivity contribution in [1.29, 1.82) is 0 Å². The Bertz CT molecular complexity index is 446. The normalized spacial score (nSPS) is 11.1. The molecule has 7 nitrogen and oxygen atoms in total. The van der Waals surface area contributed by atoms with E-state index in [1.165, 1.54) is 24.5 Å². The van der Waals surface area contributed by atoms with Gasteiger partial charge in [0.25, 0.3) is 16.0 Å². The van der Waals surface area contributed by atoms with Crippen LogP contribution in [0.5, 0.6) is 0 Å². The van der Waals surface area contributed by atoms with Crippen molar-refractivity contribution in [3.8, 4) is 0 Å². The minimum Gasteiger partial charge on any atom is -0.287 e. The standard InChI is InChI=1S/C8H11N3O4S/c12-8(7-1-3-9-4-2-7)11-10-5-6-16(13,14)15/h1-4,10H,5-6H2,(H,11,12)(H,13,14,15). The lowest BCUT2D eigenvalue weighted by Gasteiger charge is -2.05. The van der Waals surface area contributed by atoms with Crippen LogP contribution in [0.15, 0.2) is 24.5 Å². The van der Waals surface area contributed by atoms with Gasteiger partial charge < -0.3 is 0 Å². The first-order chi connectivity index (χ1) is 7.49. The molecule has 0 atom stereocenters. The van der Waals surface area contributed by atoms with Gasteiger partial charge in [-0.1, -0.05) is 0 Å². The molecule has 0 unspecified atom stereocenters. The topological polar surface area (TPSA) is 108 Å². The summed E-state index contributed by atoms with van der Waals surface area (Å²) >= 11 is 0. The van der Waals surface area contributed by atoms with Crippen molar-refractivity contribution in [2.45, 2.75) is 0 Å². The third-order valence-corrected chi connectivity index (χ3v) is 2.35. The van der Waals surface area contributed by atoms with Crippen LogP contribution in [-0.4, -0.2) is 36.2 Å². The maximum atomic E-state index is 11.4. The Labute approximate surface area is 92.6 Å². The van der Waals surface area contributed by atoms with Crippen molar-refractivity contribution in [1.82, 2.24) is 15.8 Å². The minimum atomic E-state index is -4.01. The second-order valence-electron chi connectivity index (χ2n) is 2.90. The fourth-order valence-electron chi connectivity index (χ4n) is 0.898. The van der Waals surface area contributed by atoms with Crippen LogP contribution in [0.25, 0.3) is 0 Å². The Morgan fingerprint density at radius 1 is 1.38 bits per heavy atom. The van der Waals surface area contributed by atoms with Crippen molar-refractivity contribution in [2.75, 3.05) is 12.3 Å². The zero-order chi connectivity index (χ0) is 12.0.